The highest BCUT2D eigenvalue weighted by Gasteiger charge is 2.74. The van der Waals surface area contributed by atoms with E-state index in [0.29, 0.717) is 38.5 Å². The van der Waals surface area contributed by atoms with E-state index in [-0.39, 0.29) is 25.2 Å². The highest BCUT2D eigenvalue weighted by Crippen LogP contribution is 2.76. The molecule has 14 rings (SSSR count). The lowest BCUT2D eigenvalue weighted by molar-refractivity contribution is -0.404. The van der Waals surface area contributed by atoms with Crippen molar-refractivity contribution in [1.29, 1.82) is 0 Å². The number of hydrogen-bond donors (Lipinski definition) is 22. The quantitative estimate of drug-likeness (QED) is 0.0195. The molecule has 0 spiro atoms. The molecule has 44 nitrogen and oxygen atoms in total. The zero-order chi connectivity index (χ0) is 91.8. The summed E-state index contributed by atoms with van der Waals surface area (Å²) >= 11 is 0. The average molecular weight is 1820 g/mol. The lowest BCUT2D eigenvalue weighted by atomic mass is 9.33. The SMILES string of the molecule is CC(=O)O[C@H]1C(C)O[C@@H](OC(=O)[C@]23CCC(C)(C)CC2C2=CCC4C5(C)CC[C@H](O[C@@H]6OC[C@@H](O)[C@H](O[C@@H]7OC[C@@H](O)[C@H](O)C7O)C6O[C@@H]6OC(CO)[C@H](O)[C@H](O)C6O)C(C)(C=O)[C@@H]5CC[C@@]4(C)C2(C)C[C@H]3O)[C@H](O[C@@H]2OC(C)[C@H](O[C@@H]3OC[C@@H](O)C(O[C@@H]4OC[C@@](O)(CO)C4O)[C@H]3O)[C@@H](O[C@@H]3OC(CO)[C@@H](O)C(O)[C@H]3O)C2O)C1O[C@@H]1OC(C)[C@H](O)C(O)[C@@H]1O. The van der Waals surface area contributed by atoms with E-state index in [4.69, 9.17) is 90.0 Å². The monoisotopic (exact) mass is 1820 g/mol. The molecule has 5 aliphatic carbocycles. The maximum atomic E-state index is 16.6. The van der Waals surface area contributed by atoms with Crippen molar-refractivity contribution < 1.29 is 217 Å². The van der Waals surface area contributed by atoms with Crippen LogP contribution in [0.3, 0.4) is 0 Å². The molecule has 0 bridgehead atoms. The van der Waals surface area contributed by atoms with Gasteiger partial charge in [0.1, 0.15) is 170 Å². The second kappa shape index (κ2) is 37.8. The van der Waals surface area contributed by atoms with Crippen molar-refractivity contribution in [3.8, 4) is 0 Å². The Kier molecular flexibility index (Phi) is 29.6. The number of esters is 2. The fourth-order valence-electron chi connectivity index (χ4n) is 23.0. The number of aldehydes is 1. The molecule has 13 fully saturated rings. The number of ether oxygens (including phenoxy) is 19. The molecule has 22 N–H and O–H groups in total. The first kappa shape index (κ1) is 98.8. The van der Waals surface area contributed by atoms with Crippen LogP contribution in [0.4, 0.5) is 0 Å². The number of carbonyl (C=O) groups is 3. The summed E-state index contributed by atoms with van der Waals surface area (Å²) in [6, 6.07) is 0. The number of fused-ring (bicyclic) bond motifs is 7. The van der Waals surface area contributed by atoms with Crippen LogP contribution in [0.1, 0.15) is 127 Å². The molecule has 19 unspecified atom stereocenters. The van der Waals surface area contributed by atoms with Gasteiger partial charge in [-0.25, -0.2) is 0 Å². The third kappa shape index (κ3) is 17.5. The van der Waals surface area contributed by atoms with Gasteiger partial charge in [-0.05, 0) is 118 Å². The molecule has 0 aromatic carbocycles. The Morgan fingerprint density at radius 2 is 0.937 bits per heavy atom. The maximum absolute atomic E-state index is 16.6. The lowest BCUT2D eigenvalue weighted by Crippen LogP contribution is -2.69. The zero-order valence-corrected chi connectivity index (χ0v) is 71.7. The largest absolute Gasteiger partial charge is 0.457 e. The van der Waals surface area contributed by atoms with E-state index in [1.54, 1.807) is 6.92 Å². The molecule has 9 aliphatic heterocycles. The summed E-state index contributed by atoms with van der Waals surface area (Å²) < 4.78 is 117. The summed E-state index contributed by atoms with van der Waals surface area (Å²) in [5.41, 5.74) is -7.45. The summed E-state index contributed by atoms with van der Waals surface area (Å²) in [5.74, 6) is -3.51. The van der Waals surface area contributed by atoms with E-state index in [0.717, 1.165) is 18.8 Å². The molecule has 9 heterocycles. The Labute approximate surface area is 725 Å². The molecule has 126 heavy (non-hydrogen) atoms. The van der Waals surface area contributed by atoms with Gasteiger partial charge in [-0.15, -0.1) is 0 Å². The minimum atomic E-state index is -2.34. The van der Waals surface area contributed by atoms with Crippen LogP contribution in [-0.2, 0) is 104 Å². The van der Waals surface area contributed by atoms with Crippen LogP contribution < -0.4 is 0 Å². The van der Waals surface area contributed by atoms with E-state index in [1.807, 2.05) is 13.8 Å². The first-order valence-electron chi connectivity index (χ1n) is 43.5. The van der Waals surface area contributed by atoms with Crippen molar-refractivity contribution in [2.75, 3.05) is 46.2 Å². The van der Waals surface area contributed by atoms with Gasteiger partial charge in [-0.3, -0.25) is 9.59 Å². The highest BCUT2D eigenvalue weighted by molar-refractivity contribution is 5.80. The molecule has 0 aromatic rings. The summed E-state index contributed by atoms with van der Waals surface area (Å²) in [7, 11) is 0. The van der Waals surface area contributed by atoms with Crippen LogP contribution >= 0.6 is 0 Å². The van der Waals surface area contributed by atoms with Gasteiger partial charge in [-0.1, -0.05) is 53.2 Å². The number of aliphatic hydroxyl groups excluding tert-OH is 21. The number of allylic oxidation sites excluding steroid dienone is 2. The smallest absolute Gasteiger partial charge is 0.317 e. The van der Waals surface area contributed by atoms with Crippen LogP contribution in [-0.4, -0.2) is 434 Å². The number of aliphatic hydroxyl groups is 22. The molecule has 4 saturated carbocycles. The second-order valence-electron chi connectivity index (χ2n) is 39.0. The van der Waals surface area contributed by atoms with Gasteiger partial charge in [-0.2, -0.15) is 0 Å². The van der Waals surface area contributed by atoms with Gasteiger partial charge in [0.2, 0.25) is 6.29 Å². The van der Waals surface area contributed by atoms with Crippen LogP contribution in [0.15, 0.2) is 11.6 Å². The number of hydrogen-bond acceptors (Lipinski definition) is 44. The lowest BCUT2D eigenvalue weighted by Gasteiger charge is -2.71. The number of rotatable bonds is 23. The van der Waals surface area contributed by atoms with E-state index < -0.39 is 360 Å². The Bertz CT molecular complexity index is 3740. The average Bonchev–Trinajstić information content (AvgIpc) is 0.781. The second-order valence-corrected chi connectivity index (χ2v) is 39.0. The van der Waals surface area contributed by atoms with Crippen molar-refractivity contribution in [2.24, 2.45) is 50.2 Å². The Morgan fingerprint density at radius 1 is 0.444 bits per heavy atom. The molecule has 44 heteroatoms. The molecule has 0 radical (unpaired) electrons. The van der Waals surface area contributed by atoms with Gasteiger partial charge >= 0.3 is 11.9 Å². The van der Waals surface area contributed by atoms with Crippen molar-refractivity contribution in [1.82, 2.24) is 0 Å². The predicted molar refractivity (Wildman–Crippen MR) is 409 cm³/mol. The van der Waals surface area contributed by atoms with Crippen molar-refractivity contribution >= 4 is 18.2 Å². The topological polar surface area (TPSA) is 672 Å². The van der Waals surface area contributed by atoms with Gasteiger partial charge in [0.25, 0.3) is 0 Å². The van der Waals surface area contributed by atoms with Gasteiger partial charge < -0.3 is 207 Å². The van der Waals surface area contributed by atoms with Gasteiger partial charge in [0.05, 0.1) is 82.2 Å². The van der Waals surface area contributed by atoms with Crippen molar-refractivity contribution in [3.05, 3.63) is 11.6 Å². The number of carbonyl (C=O) groups excluding carboxylic acids is 3. The molecule has 0 amide bonds. The normalized spacial score (nSPS) is 54.6. The molecule has 722 valence electrons. The van der Waals surface area contributed by atoms with E-state index in [2.05, 4.69) is 26.8 Å². The summed E-state index contributed by atoms with van der Waals surface area (Å²) in [4.78, 5) is 44.4. The van der Waals surface area contributed by atoms with Crippen LogP contribution in [0.25, 0.3) is 0 Å². The Hall–Kier alpha value is -3.21. The van der Waals surface area contributed by atoms with Crippen molar-refractivity contribution in [2.45, 2.75) is 385 Å². The molecule has 14 aliphatic rings. The minimum absolute atomic E-state index is 0.00455. The maximum Gasteiger partial charge on any atom is 0.317 e. The molecular formula is C82H130O44. The third-order valence-corrected chi connectivity index (χ3v) is 30.7. The molecular weight excluding hydrogens is 1690 g/mol. The fourth-order valence-corrected chi connectivity index (χ4v) is 23.0. The van der Waals surface area contributed by atoms with Gasteiger partial charge in [0, 0.05) is 6.92 Å². The fraction of sp³-hybridized carbons (Fsp3) is 0.939. The molecule has 0 aromatic heterocycles. The zero-order valence-electron chi connectivity index (χ0n) is 71.7. The van der Waals surface area contributed by atoms with E-state index >= 15 is 4.79 Å². The third-order valence-electron chi connectivity index (χ3n) is 30.7. The summed E-state index contributed by atoms with van der Waals surface area (Å²) in [6.07, 6.45) is -69.0. The first-order chi connectivity index (χ1) is 59.2. The molecule has 9 saturated heterocycles. The standard InChI is InChI=1S/C82H130O44/c1-29-44(92)48(96)52(100)68(112-29)123-62-58(115-32(4)87)31(3)114-73(64(62)125-71-56(104)61(122-69-53(101)49(97)46(94)38(21-83)116-69)57(30(2)113-71)119-67-55(103)59(36(89)24-109-67)120-74-65(105)81(107,27-86)28-111-74)126-75(106)82-18-17-76(5,6)19-34(82)33-11-12-41-77(7)15-14-43(78(8,26-85)40(77)13-16-79(41,9)80(33,10)20-42(82)91)118-72-63(124-70-54(102)50(98)47(95)39(22-84)117-70)60(37(90)25-110-72)121-66-51(99)45(93)35(88)23-108-66/h11,26,29-31,34-74,83-84,86,88-105,107H,12-25,27-28H2,1-10H3/t29?,30?,31?,34?,35-,36-,37-,38?,39?,40-,41?,42-,43+,44+,45+,46-,47+,48?,49?,50+,51?,52+,53-,54?,55-,56?,57+,58+,59?,60+,61+,62?,63?,64-,65?,66+,67+,68+,69+,70+,71+,72+,73+,74+,77?,78?,79-,80?,81+,82-/m1/s1. The van der Waals surface area contributed by atoms with E-state index in [1.165, 1.54) is 20.8 Å². The predicted octanol–water partition coefficient (Wildman–Crippen LogP) is -8.55. The highest BCUT2D eigenvalue weighted by atomic mass is 16.8. The van der Waals surface area contributed by atoms with Crippen LogP contribution in [0, 0.1) is 50.2 Å². The molecule has 50 atom stereocenters. The van der Waals surface area contributed by atoms with Crippen LogP contribution in [0.5, 0.6) is 0 Å². The summed E-state index contributed by atoms with van der Waals surface area (Å²) in [6.45, 7) is 12.2. The van der Waals surface area contributed by atoms with Gasteiger partial charge in [0.15, 0.2) is 62.5 Å². The Morgan fingerprint density at radius 3 is 1.53 bits per heavy atom. The van der Waals surface area contributed by atoms with E-state index in [9.17, 15) is 122 Å². The van der Waals surface area contributed by atoms with Crippen LogP contribution in [0.2, 0.25) is 0 Å². The summed E-state index contributed by atoms with van der Waals surface area (Å²) in [5, 5.41) is 246. The minimum Gasteiger partial charge on any atom is -0.457 e. The Balaban J connectivity index is 0.772. The van der Waals surface area contributed by atoms with Crippen molar-refractivity contribution in [3.63, 3.8) is 0 Å². The first-order valence-corrected chi connectivity index (χ1v) is 43.5.